The lowest BCUT2D eigenvalue weighted by Crippen LogP contribution is -2.50. The van der Waals surface area contributed by atoms with Crippen molar-refractivity contribution in [3.63, 3.8) is 0 Å². The minimum Gasteiger partial charge on any atom is -0.468 e. The number of hydrogen-bond acceptors (Lipinski definition) is 6. The molecule has 2 aromatic heterocycles. The highest BCUT2D eigenvalue weighted by Crippen LogP contribution is 2.44. The fraction of sp³-hybridized carbons (Fsp3) is 0.174. The molecule has 5 aromatic carbocycles. The first-order valence-corrected chi connectivity index (χ1v) is 18.6. The highest BCUT2D eigenvalue weighted by molar-refractivity contribution is 6.02. The van der Waals surface area contributed by atoms with Crippen molar-refractivity contribution in [1.29, 1.82) is 0 Å². The van der Waals surface area contributed by atoms with Crippen LogP contribution in [-0.4, -0.2) is 57.8 Å². The first-order chi connectivity index (χ1) is 27.4. The van der Waals surface area contributed by atoms with Gasteiger partial charge in [-0.2, -0.15) is 5.10 Å². The minimum absolute atomic E-state index is 0.190. The molecule has 2 atom stereocenters. The number of piperidine rings is 1. The van der Waals surface area contributed by atoms with Crippen molar-refractivity contribution in [2.75, 3.05) is 20.2 Å². The number of aromatic nitrogens is 3. The van der Waals surface area contributed by atoms with Crippen molar-refractivity contribution in [2.24, 2.45) is 0 Å². The van der Waals surface area contributed by atoms with Gasteiger partial charge in [0.15, 0.2) is 0 Å². The van der Waals surface area contributed by atoms with E-state index in [4.69, 9.17) is 9.84 Å². The number of halogens is 2. The number of benzene rings is 5. The Labute approximate surface area is 323 Å². The van der Waals surface area contributed by atoms with Gasteiger partial charge in [-0.05, 0) is 78.5 Å². The Kier molecular flexibility index (Phi) is 10.2. The molecule has 3 heterocycles. The lowest BCUT2D eigenvalue weighted by atomic mass is 9.77. The molecule has 1 fully saturated rings. The number of fused-ring (bicyclic) bond motifs is 1. The number of pyridine rings is 1. The number of ether oxygens (including phenoxy) is 1. The van der Waals surface area contributed by atoms with E-state index in [0.29, 0.717) is 30.6 Å². The molecule has 8 rings (SSSR count). The third-order valence-corrected chi connectivity index (χ3v) is 10.6. The van der Waals surface area contributed by atoms with E-state index >= 15 is 0 Å². The van der Waals surface area contributed by atoms with Gasteiger partial charge in [-0.3, -0.25) is 14.7 Å². The number of amides is 1. The fourth-order valence-electron chi connectivity index (χ4n) is 8.10. The minimum atomic E-state index is -1.30. The molecule has 1 amide bonds. The summed E-state index contributed by atoms with van der Waals surface area (Å²) in [6.07, 6.45) is 4.65. The second-order valence-electron chi connectivity index (χ2n) is 13.9. The van der Waals surface area contributed by atoms with Gasteiger partial charge in [-0.1, -0.05) is 97.1 Å². The molecule has 56 heavy (non-hydrogen) atoms. The van der Waals surface area contributed by atoms with Crippen molar-refractivity contribution in [3.8, 4) is 11.3 Å². The lowest BCUT2D eigenvalue weighted by molar-refractivity contribution is -0.148. The topological polar surface area (TPSA) is 89.3 Å². The number of nitrogens with zero attached hydrogens (tertiary/aromatic N) is 4. The van der Waals surface area contributed by atoms with Crippen LogP contribution in [0.5, 0.6) is 0 Å². The van der Waals surface area contributed by atoms with E-state index in [-0.39, 0.29) is 18.0 Å². The highest BCUT2D eigenvalue weighted by atomic mass is 19.1. The summed E-state index contributed by atoms with van der Waals surface area (Å²) < 4.78 is 37.0. The fourth-order valence-corrected chi connectivity index (χ4v) is 8.10. The normalized spacial score (nSPS) is 15.3. The number of methoxy groups -OCH3 is 1. The third kappa shape index (κ3) is 6.62. The number of likely N-dealkylation sites (tertiary alicyclic amines) is 1. The van der Waals surface area contributed by atoms with Crippen LogP contribution in [-0.2, 0) is 15.1 Å². The number of rotatable bonds is 10. The average molecular weight is 748 g/mol. The van der Waals surface area contributed by atoms with Gasteiger partial charge in [-0.15, -0.1) is 0 Å². The van der Waals surface area contributed by atoms with Crippen LogP contribution in [0.25, 0.3) is 22.2 Å². The van der Waals surface area contributed by atoms with E-state index in [9.17, 15) is 18.4 Å². The van der Waals surface area contributed by atoms with Crippen LogP contribution in [0.15, 0.2) is 152 Å². The maximum absolute atomic E-state index is 15.0. The Bertz CT molecular complexity index is 2360. The Hall–Kier alpha value is -6.52. The zero-order valence-electron chi connectivity index (χ0n) is 30.7. The summed E-state index contributed by atoms with van der Waals surface area (Å²) in [7, 11) is 1.19. The number of carbonyl (C=O) groups excluding carboxylic acids is 2. The molecular formula is C46H39F2N5O3. The summed E-state index contributed by atoms with van der Waals surface area (Å²) in [5, 5.41) is 9.32. The molecule has 1 unspecified atom stereocenters. The molecule has 0 aliphatic carbocycles. The molecule has 1 aliphatic heterocycles. The van der Waals surface area contributed by atoms with Gasteiger partial charge in [0.2, 0.25) is 0 Å². The summed E-state index contributed by atoms with van der Waals surface area (Å²) in [6.45, 7) is 0.585. The Morgan fingerprint density at radius 1 is 0.786 bits per heavy atom. The van der Waals surface area contributed by atoms with Crippen LogP contribution in [0.4, 0.5) is 8.78 Å². The molecule has 8 nitrogen and oxygen atoms in total. The monoisotopic (exact) mass is 747 g/mol. The summed E-state index contributed by atoms with van der Waals surface area (Å²) in [5.74, 6) is -2.76. The Morgan fingerprint density at radius 3 is 1.95 bits per heavy atom. The van der Waals surface area contributed by atoms with Gasteiger partial charge in [0, 0.05) is 41.5 Å². The van der Waals surface area contributed by atoms with Crippen molar-refractivity contribution >= 4 is 22.8 Å². The number of hydrogen-bond donors (Lipinski definition) is 1. The summed E-state index contributed by atoms with van der Waals surface area (Å²) in [5.41, 5.74) is 4.49. The van der Waals surface area contributed by atoms with Crippen LogP contribution in [0.3, 0.4) is 0 Å². The molecule has 280 valence electrons. The van der Waals surface area contributed by atoms with E-state index in [1.54, 1.807) is 23.4 Å². The lowest BCUT2D eigenvalue weighted by Gasteiger charge is -2.37. The first kappa shape index (κ1) is 36.5. The zero-order chi connectivity index (χ0) is 38.6. The molecule has 0 spiro atoms. The van der Waals surface area contributed by atoms with E-state index < -0.39 is 35.2 Å². The molecule has 1 aliphatic rings. The molecule has 0 bridgehead atoms. The van der Waals surface area contributed by atoms with Crippen LogP contribution in [0.2, 0.25) is 0 Å². The molecule has 0 saturated carbocycles. The largest absolute Gasteiger partial charge is 0.468 e. The van der Waals surface area contributed by atoms with Gasteiger partial charge >= 0.3 is 5.97 Å². The van der Waals surface area contributed by atoms with Crippen molar-refractivity contribution in [3.05, 3.63) is 191 Å². The van der Waals surface area contributed by atoms with E-state index in [0.717, 1.165) is 45.3 Å². The van der Waals surface area contributed by atoms with E-state index in [2.05, 4.69) is 51.4 Å². The second-order valence-corrected chi connectivity index (χ2v) is 13.9. The number of carbonyl (C=O) groups is 2. The quantitative estimate of drug-likeness (QED) is 0.112. The predicted octanol–water partition coefficient (Wildman–Crippen LogP) is 8.33. The van der Waals surface area contributed by atoms with E-state index in [1.165, 1.54) is 13.2 Å². The van der Waals surface area contributed by atoms with E-state index in [1.807, 2.05) is 78.9 Å². The number of nitrogens with one attached hydrogen (secondary N) is 1. The highest BCUT2D eigenvalue weighted by Gasteiger charge is 2.41. The summed E-state index contributed by atoms with van der Waals surface area (Å²) in [4.78, 5) is 33.1. The Balaban J connectivity index is 1.22. The molecule has 1 saturated heterocycles. The van der Waals surface area contributed by atoms with Crippen molar-refractivity contribution in [1.82, 2.24) is 25.0 Å². The zero-order valence-corrected chi connectivity index (χ0v) is 30.7. The maximum atomic E-state index is 15.0. The van der Waals surface area contributed by atoms with Crippen molar-refractivity contribution in [2.45, 2.75) is 30.5 Å². The maximum Gasteiger partial charge on any atom is 0.327 e. The van der Waals surface area contributed by atoms with Gasteiger partial charge in [0.05, 0.1) is 18.2 Å². The number of esters is 1. The smallest absolute Gasteiger partial charge is 0.327 e. The standard InChI is InChI=1S/C46H39F2N5O3/c1-56-45(55)43(41-38(47)20-11-21-39(41)48)52-28-12-19-36(30-52)50-44(54)32-22-23-40-37(29-32)42(31-24-26-49-27-25-31)51-53(40)46(33-13-5-2-6-14-33,34-15-7-3-8-16-34)35-17-9-4-10-18-35/h2-11,13-18,20-27,29,36,43H,12,19,28,30H2,1H3,(H,50,54)/t36-,43?/m1/s1. The molecule has 10 heteroatoms. The third-order valence-electron chi connectivity index (χ3n) is 10.6. The van der Waals surface area contributed by atoms with Crippen LogP contribution < -0.4 is 5.32 Å². The van der Waals surface area contributed by atoms with Crippen molar-refractivity contribution < 1.29 is 23.1 Å². The predicted molar refractivity (Wildman–Crippen MR) is 211 cm³/mol. The second kappa shape index (κ2) is 15.7. The van der Waals surface area contributed by atoms with Gasteiger partial charge in [0.1, 0.15) is 28.9 Å². The van der Waals surface area contributed by atoms with Gasteiger partial charge in [-0.25, -0.2) is 18.3 Å². The van der Waals surface area contributed by atoms with Gasteiger partial charge < -0.3 is 10.1 Å². The SMILES string of the molecule is COC(=O)C(c1c(F)cccc1F)N1CCC[C@@H](NC(=O)c2ccc3c(c2)c(-c2ccncc2)nn3C(c2ccccc2)(c2ccccc2)c2ccccc2)C1. The van der Waals surface area contributed by atoms with Crippen LogP contribution >= 0.6 is 0 Å². The van der Waals surface area contributed by atoms with Gasteiger partial charge in [0.25, 0.3) is 5.91 Å². The Morgan fingerprint density at radius 2 is 1.38 bits per heavy atom. The molecule has 0 radical (unpaired) electrons. The van der Waals surface area contributed by atoms with Crippen LogP contribution in [0, 0.1) is 11.6 Å². The molecule has 1 N–H and O–H groups in total. The summed E-state index contributed by atoms with van der Waals surface area (Å²) >= 11 is 0. The molecule has 7 aromatic rings. The average Bonchev–Trinajstić information content (AvgIpc) is 3.63. The molecular weight excluding hydrogens is 709 g/mol. The first-order valence-electron chi connectivity index (χ1n) is 18.6. The van der Waals surface area contributed by atoms with Crippen LogP contribution in [0.1, 0.15) is 51.5 Å². The summed E-state index contributed by atoms with van der Waals surface area (Å²) in [6, 6.07) is 42.0.